The zero-order valence-electron chi connectivity index (χ0n) is 11.2. The fourth-order valence-corrected chi connectivity index (χ4v) is 2.57. The van der Waals surface area contributed by atoms with Gasteiger partial charge in [-0.1, -0.05) is 23.7 Å². The summed E-state index contributed by atoms with van der Waals surface area (Å²) in [5, 5.41) is 8.22. The highest BCUT2D eigenvalue weighted by molar-refractivity contribution is 7.89. The molecule has 0 radical (unpaired) electrons. The van der Waals surface area contributed by atoms with Gasteiger partial charge in [0, 0.05) is 11.7 Å². The lowest BCUT2D eigenvalue weighted by Gasteiger charge is -2.16. The molecule has 0 bridgehead atoms. The van der Waals surface area contributed by atoms with Crippen molar-refractivity contribution in [1.82, 2.24) is 0 Å². The molecule has 4 nitrogen and oxygen atoms in total. The minimum Gasteiger partial charge on any atom is -0.378 e. The van der Waals surface area contributed by atoms with Crippen molar-refractivity contribution in [2.75, 3.05) is 5.32 Å². The average Bonchev–Trinajstić information content (AvgIpc) is 2.42. The van der Waals surface area contributed by atoms with Gasteiger partial charge in [0.2, 0.25) is 10.0 Å². The van der Waals surface area contributed by atoms with Gasteiger partial charge in [0.1, 0.15) is 5.82 Å². The van der Waals surface area contributed by atoms with Gasteiger partial charge in [0.05, 0.1) is 9.92 Å². The SMILES string of the molecule is CC(Nc1ccc(Cl)c(F)c1)c1cccc(S(N)(=O)=O)c1. The predicted octanol–water partition coefficient (Wildman–Crippen LogP) is 3.30. The number of hydrogen-bond donors (Lipinski definition) is 2. The van der Waals surface area contributed by atoms with Crippen LogP contribution in [0.15, 0.2) is 47.4 Å². The van der Waals surface area contributed by atoms with Crippen LogP contribution in [-0.2, 0) is 10.0 Å². The van der Waals surface area contributed by atoms with Gasteiger partial charge in [-0.2, -0.15) is 0 Å². The zero-order valence-corrected chi connectivity index (χ0v) is 12.7. The highest BCUT2D eigenvalue weighted by Crippen LogP contribution is 2.24. The van der Waals surface area contributed by atoms with Crippen LogP contribution in [0.4, 0.5) is 10.1 Å². The van der Waals surface area contributed by atoms with Crippen LogP contribution in [0.25, 0.3) is 0 Å². The third-order valence-corrected chi connectivity index (χ3v) is 4.21. The Hall–Kier alpha value is -1.63. The van der Waals surface area contributed by atoms with E-state index in [-0.39, 0.29) is 16.0 Å². The van der Waals surface area contributed by atoms with E-state index in [0.29, 0.717) is 5.69 Å². The van der Waals surface area contributed by atoms with Gasteiger partial charge in [-0.25, -0.2) is 17.9 Å². The molecular weight excluding hydrogens is 315 g/mol. The fourth-order valence-electron chi connectivity index (χ4n) is 1.88. The lowest BCUT2D eigenvalue weighted by Crippen LogP contribution is -2.13. The number of sulfonamides is 1. The normalized spacial score (nSPS) is 13.0. The van der Waals surface area contributed by atoms with Crippen LogP contribution in [0, 0.1) is 5.82 Å². The van der Waals surface area contributed by atoms with Gasteiger partial charge in [-0.15, -0.1) is 0 Å². The molecular formula is C14H14ClFN2O2S. The van der Waals surface area contributed by atoms with E-state index in [1.807, 2.05) is 6.92 Å². The molecule has 0 aliphatic carbocycles. The Labute approximate surface area is 127 Å². The largest absolute Gasteiger partial charge is 0.378 e. The van der Waals surface area contributed by atoms with Gasteiger partial charge in [-0.05, 0) is 42.8 Å². The van der Waals surface area contributed by atoms with Crippen molar-refractivity contribution in [3.8, 4) is 0 Å². The van der Waals surface area contributed by atoms with Gasteiger partial charge < -0.3 is 5.32 Å². The molecule has 0 saturated heterocycles. The van der Waals surface area contributed by atoms with Crippen molar-refractivity contribution in [1.29, 1.82) is 0 Å². The number of hydrogen-bond acceptors (Lipinski definition) is 3. The fraction of sp³-hybridized carbons (Fsp3) is 0.143. The maximum absolute atomic E-state index is 13.4. The van der Waals surface area contributed by atoms with Crippen molar-refractivity contribution in [3.63, 3.8) is 0 Å². The van der Waals surface area contributed by atoms with Crippen LogP contribution in [-0.4, -0.2) is 8.42 Å². The molecule has 0 saturated carbocycles. The molecule has 2 aromatic carbocycles. The number of anilines is 1. The Morgan fingerprint density at radius 2 is 1.95 bits per heavy atom. The second-order valence-electron chi connectivity index (χ2n) is 4.61. The van der Waals surface area contributed by atoms with E-state index in [9.17, 15) is 12.8 Å². The standard InChI is InChI=1S/C14H14ClFN2O2S/c1-9(18-11-5-6-13(15)14(16)8-11)10-3-2-4-12(7-10)21(17,19)20/h2-9,18H,1H3,(H2,17,19,20). The van der Waals surface area contributed by atoms with Gasteiger partial charge >= 0.3 is 0 Å². The monoisotopic (exact) mass is 328 g/mol. The van der Waals surface area contributed by atoms with Crippen LogP contribution >= 0.6 is 11.6 Å². The topological polar surface area (TPSA) is 72.2 Å². The Balaban J connectivity index is 2.24. The van der Waals surface area contributed by atoms with E-state index < -0.39 is 15.8 Å². The lowest BCUT2D eigenvalue weighted by atomic mass is 10.1. The first-order valence-corrected chi connectivity index (χ1v) is 8.04. The van der Waals surface area contributed by atoms with E-state index in [1.165, 1.54) is 24.3 Å². The summed E-state index contributed by atoms with van der Waals surface area (Å²) in [5.41, 5.74) is 1.27. The van der Waals surface area contributed by atoms with Crippen molar-refractivity contribution >= 4 is 27.3 Å². The zero-order chi connectivity index (χ0) is 15.6. The summed E-state index contributed by atoms with van der Waals surface area (Å²) < 4.78 is 36.1. The second kappa shape index (κ2) is 6.01. The molecule has 3 N–H and O–H groups in total. The number of nitrogens with one attached hydrogen (secondary N) is 1. The molecule has 0 aliphatic rings. The molecule has 1 atom stereocenters. The summed E-state index contributed by atoms with van der Waals surface area (Å²) in [6, 6.07) is 10.4. The number of nitrogens with two attached hydrogens (primary N) is 1. The van der Waals surface area contributed by atoms with Crippen LogP contribution in [0.5, 0.6) is 0 Å². The Morgan fingerprint density at radius 3 is 2.57 bits per heavy atom. The van der Waals surface area contributed by atoms with Crippen LogP contribution in [0.3, 0.4) is 0 Å². The smallest absolute Gasteiger partial charge is 0.238 e. The van der Waals surface area contributed by atoms with E-state index in [0.717, 1.165) is 5.56 Å². The first-order chi connectivity index (χ1) is 9.77. The van der Waals surface area contributed by atoms with Crippen molar-refractivity contribution < 1.29 is 12.8 Å². The third kappa shape index (κ3) is 3.93. The van der Waals surface area contributed by atoms with E-state index in [2.05, 4.69) is 5.32 Å². The molecule has 2 aromatic rings. The number of benzene rings is 2. The Kier molecular flexibility index (Phi) is 4.51. The number of halogens is 2. The molecule has 0 aliphatic heterocycles. The van der Waals surface area contributed by atoms with Crippen molar-refractivity contribution in [3.05, 3.63) is 58.9 Å². The van der Waals surface area contributed by atoms with Crippen LogP contribution < -0.4 is 10.5 Å². The molecule has 2 rings (SSSR count). The Bertz CT molecular complexity index is 765. The summed E-state index contributed by atoms with van der Waals surface area (Å²) in [5.74, 6) is -0.521. The Morgan fingerprint density at radius 1 is 1.24 bits per heavy atom. The summed E-state index contributed by atoms with van der Waals surface area (Å²) in [7, 11) is -3.75. The quantitative estimate of drug-likeness (QED) is 0.904. The molecule has 1 unspecified atom stereocenters. The van der Waals surface area contributed by atoms with E-state index in [1.54, 1.807) is 18.2 Å². The molecule has 0 heterocycles. The molecule has 21 heavy (non-hydrogen) atoms. The van der Waals surface area contributed by atoms with Crippen molar-refractivity contribution in [2.24, 2.45) is 5.14 Å². The minimum absolute atomic E-state index is 0.0379. The molecule has 0 amide bonds. The lowest BCUT2D eigenvalue weighted by molar-refractivity contribution is 0.597. The van der Waals surface area contributed by atoms with Crippen molar-refractivity contribution in [2.45, 2.75) is 17.9 Å². The third-order valence-electron chi connectivity index (χ3n) is 2.99. The summed E-state index contributed by atoms with van der Waals surface area (Å²) >= 11 is 5.62. The maximum Gasteiger partial charge on any atom is 0.238 e. The molecule has 0 fully saturated rings. The number of primary sulfonamides is 1. The summed E-state index contributed by atoms with van der Waals surface area (Å²) in [6.07, 6.45) is 0. The molecule has 112 valence electrons. The first-order valence-electron chi connectivity index (χ1n) is 6.12. The van der Waals surface area contributed by atoms with Crippen LogP contribution in [0.1, 0.15) is 18.5 Å². The highest BCUT2D eigenvalue weighted by atomic mass is 35.5. The minimum atomic E-state index is -3.75. The number of rotatable bonds is 4. The average molecular weight is 329 g/mol. The van der Waals surface area contributed by atoms with Gasteiger partial charge in [0.15, 0.2) is 0 Å². The van der Waals surface area contributed by atoms with Gasteiger partial charge in [-0.3, -0.25) is 0 Å². The highest BCUT2D eigenvalue weighted by Gasteiger charge is 2.12. The maximum atomic E-state index is 13.4. The molecule has 0 aromatic heterocycles. The van der Waals surface area contributed by atoms with E-state index >= 15 is 0 Å². The van der Waals surface area contributed by atoms with Crippen LogP contribution in [0.2, 0.25) is 5.02 Å². The summed E-state index contributed by atoms with van der Waals surface area (Å²) in [6.45, 7) is 1.83. The molecule has 0 spiro atoms. The van der Waals surface area contributed by atoms with E-state index in [4.69, 9.17) is 16.7 Å². The predicted molar refractivity (Wildman–Crippen MR) is 81.3 cm³/mol. The first kappa shape index (κ1) is 15.8. The van der Waals surface area contributed by atoms with Gasteiger partial charge in [0.25, 0.3) is 0 Å². The molecule has 7 heteroatoms. The second-order valence-corrected chi connectivity index (χ2v) is 6.58. The summed E-state index contributed by atoms with van der Waals surface area (Å²) in [4.78, 5) is 0.0379.